The highest BCUT2D eigenvalue weighted by atomic mass is 32.2. The SMILES string of the molecule is COc1ccccc1-c1nnc(S[C@H](C)C(=O)O)n1C. The van der Waals surface area contributed by atoms with Crippen molar-refractivity contribution in [1.82, 2.24) is 14.8 Å². The lowest BCUT2D eigenvalue weighted by Crippen LogP contribution is -2.12. The van der Waals surface area contributed by atoms with Crippen LogP contribution in [0.2, 0.25) is 0 Å². The Balaban J connectivity index is 2.36. The lowest BCUT2D eigenvalue weighted by Gasteiger charge is -2.09. The molecule has 20 heavy (non-hydrogen) atoms. The molecular weight excluding hydrogens is 278 g/mol. The van der Waals surface area contributed by atoms with Crippen LogP contribution in [0.5, 0.6) is 5.75 Å². The van der Waals surface area contributed by atoms with Gasteiger partial charge in [-0.25, -0.2) is 0 Å². The van der Waals surface area contributed by atoms with E-state index in [9.17, 15) is 4.79 Å². The Labute approximate surface area is 120 Å². The molecule has 1 atom stereocenters. The monoisotopic (exact) mass is 293 g/mol. The number of carboxylic acid groups (broad SMARTS) is 1. The van der Waals surface area contributed by atoms with Crippen molar-refractivity contribution < 1.29 is 14.6 Å². The largest absolute Gasteiger partial charge is 0.496 e. The van der Waals surface area contributed by atoms with Crippen LogP contribution >= 0.6 is 11.8 Å². The molecule has 0 aliphatic carbocycles. The van der Waals surface area contributed by atoms with E-state index in [4.69, 9.17) is 9.84 Å². The van der Waals surface area contributed by atoms with E-state index in [2.05, 4.69) is 10.2 Å². The van der Waals surface area contributed by atoms with Crippen molar-refractivity contribution in [3.8, 4) is 17.1 Å². The maximum Gasteiger partial charge on any atom is 0.316 e. The predicted octanol–water partition coefficient (Wildman–Crippen LogP) is 2.06. The lowest BCUT2D eigenvalue weighted by atomic mass is 10.2. The number of hydrogen-bond donors (Lipinski definition) is 1. The number of thioether (sulfide) groups is 1. The predicted molar refractivity (Wildman–Crippen MR) is 75.9 cm³/mol. The molecule has 0 saturated carbocycles. The molecule has 2 rings (SSSR count). The fraction of sp³-hybridized carbons (Fsp3) is 0.308. The molecule has 1 N–H and O–H groups in total. The Bertz CT molecular complexity index is 627. The Kier molecular flexibility index (Phi) is 4.29. The molecule has 1 aromatic heterocycles. The van der Waals surface area contributed by atoms with Gasteiger partial charge in [0.05, 0.1) is 12.7 Å². The molecule has 7 heteroatoms. The van der Waals surface area contributed by atoms with Gasteiger partial charge in [-0.05, 0) is 19.1 Å². The minimum atomic E-state index is -0.878. The minimum Gasteiger partial charge on any atom is -0.496 e. The van der Waals surface area contributed by atoms with E-state index in [1.54, 1.807) is 25.6 Å². The summed E-state index contributed by atoms with van der Waals surface area (Å²) < 4.78 is 7.07. The lowest BCUT2D eigenvalue weighted by molar-refractivity contribution is -0.136. The maximum atomic E-state index is 10.9. The van der Waals surface area contributed by atoms with E-state index >= 15 is 0 Å². The average Bonchev–Trinajstić information content (AvgIpc) is 2.80. The molecule has 0 aliphatic heterocycles. The molecule has 6 nitrogen and oxygen atoms in total. The van der Waals surface area contributed by atoms with Crippen molar-refractivity contribution in [3.63, 3.8) is 0 Å². The van der Waals surface area contributed by atoms with Crippen molar-refractivity contribution in [1.29, 1.82) is 0 Å². The summed E-state index contributed by atoms with van der Waals surface area (Å²) in [7, 11) is 3.40. The van der Waals surface area contributed by atoms with Crippen LogP contribution in [0.1, 0.15) is 6.92 Å². The fourth-order valence-electron chi connectivity index (χ4n) is 1.69. The van der Waals surface area contributed by atoms with E-state index in [-0.39, 0.29) is 0 Å². The number of carboxylic acids is 1. The number of aliphatic carboxylic acids is 1. The number of benzene rings is 1. The van der Waals surface area contributed by atoms with Crippen LogP contribution < -0.4 is 4.74 Å². The normalized spacial score (nSPS) is 12.2. The van der Waals surface area contributed by atoms with Crippen molar-refractivity contribution in [2.75, 3.05) is 7.11 Å². The number of rotatable bonds is 5. The highest BCUT2D eigenvalue weighted by Crippen LogP contribution is 2.30. The molecule has 0 spiro atoms. The molecule has 0 fully saturated rings. The summed E-state index contributed by atoms with van der Waals surface area (Å²) in [6, 6.07) is 7.49. The van der Waals surface area contributed by atoms with Gasteiger partial charge in [0.2, 0.25) is 0 Å². The van der Waals surface area contributed by atoms with E-state index in [0.717, 1.165) is 17.3 Å². The van der Waals surface area contributed by atoms with Crippen molar-refractivity contribution >= 4 is 17.7 Å². The summed E-state index contributed by atoms with van der Waals surface area (Å²) in [6.07, 6.45) is 0. The molecule has 0 bridgehead atoms. The van der Waals surface area contributed by atoms with E-state index < -0.39 is 11.2 Å². The van der Waals surface area contributed by atoms with Gasteiger partial charge in [0, 0.05) is 7.05 Å². The van der Waals surface area contributed by atoms with Crippen LogP contribution in [-0.4, -0.2) is 38.2 Å². The minimum absolute atomic E-state index is 0.556. The smallest absolute Gasteiger partial charge is 0.316 e. The van der Waals surface area contributed by atoms with Crippen LogP contribution in [0.25, 0.3) is 11.4 Å². The highest BCUT2D eigenvalue weighted by Gasteiger charge is 2.19. The van der Waals surface area contributed by atoms with Gasteiger partial charge in [-0.1, -0.05) is 23.9 Å². The molecule has 2 aromatic rings. The van der Waals surface area contributed by atoms with Gasteiger partial charge < -0.3 is 14.4 Å². The summed E-state index contributed by atoms with van der Waals surface area (Å²) in [5, 5.41) is 17.1. The van der Waals surface area contributed by atoms with Gasteiger partial charge in [-0.2, -0.15) is 0 Å². The molecule has 106 valence electrons. The zero-order valence-corrected chi connectivity index (χ0v) is 12.2. The molecule has 1 heterocycles. The summed E-state index contributed by atoms with van der Waals surface area (Å²) in [6.45, 7) is 1.62. The second-order valence-electron chi connectivity index (χ2n) is 4.16. The molecule has 0 radical (unpaired) electrons. The van der Waals surface area contributed by atoms with Crippen LogP contribution in [0.4, 0.5) is 0 Å². The first-order chi connectivity index (χ1) is 9.54. The molecule has 0 saturated heterocycles. The summed E-state index contributed by atoms with van der Waals surface area (Å²) in [5.74, 6) is 0.463. The topological polar surface area (TPSA) is 77.2 Å². The van der Waals surface area contributed by atoms with Gasteiger partial charge in [0.15, 0.2) is 11.0 Å². The summed E-state index contributed by atoms with van der Waals surface area (Å²) in [4.78, 5) is 10.9. The third-order valence-electron chi connectivity index (χ3n) is 2.81. The quantitative estimate of drug-likeness (QED) is 0.850. The van der Waals surface area contributed by atoms with E-state index in [1.165, 1.54) is 0 Å². The second-order valence-corrected chi connectivity index (χ2v) is 5.47. The zero-order valence-electron chi connectivity index (χ0n) is 11.4. The maximum absolute atomic E-state index is 10.9. The molecule has 1 aromatic carbocycles. The Morgan fingerprint density at radius 3 is 2.75 bits per heavy atom. The van der Waals surface area contributed by atoms with Crippen LogP contribution in [-0.2, 0) is 11.8 Å². The van der Waals surface area contributed by atoms with E-state index in [0.29, 0.717) is 16.7 Å². The number of aromatic nitrogens is 3. The number of para-hydroxylation sites is 1. The molecular formula is C13H15N3O3S. The number of carbonyl (C=O) groups is 1. The first-order valence-corrected chi connectivity index (χ1v) is 6.84. The second kappa shape index (κ2) is 5.96. The first kappa shape index (κ1) is 14.4. The number of ether oxygens (including phenoxy) is 1. The van der Waals surface area contributed by atoms with Gasteiger partial charge in [-0.15, -0.1) is 10.2 Å². The fourth-order valence-corrected chi connectivity index (χ4v) is 2.44. The summed E-state index contributed by atoms with van der Waals surface area (Å²) >= 11 is 1.16. The highest BCUT2D eigenvalue weighted by molar-refractivity contribution is 8.00. The number of hydrogen-bond acceptors (Lipinski definition) is 5. The summed E-state index contributed by atoms with van der Waals surface area (Å²) in [5.41, 5.74) is 0.819. The Morgan fingerprint density at radius 2 is 2.10 bits per heavy atom. The number of methoxy groups -OCH3 is 1. The van der Waals surface area contributed by atoms with Gasteiger partial charge in [0.1, 0.15) is 11.0 Å². The Hall–Kier alpha value is -2.02. The van der Waals surface area contributed by atoms with Gasteiger partial charge in [0.25, 0.3) is 0 Å². The standard InChI is InChI=1S/C13H15N3O3S/c1-8(12(17)18)20-13-15-14-11(16(13)2)9-6-4-5-7-10(9)19-3/h4-8H,1-3H3,(H,17,18)/t8-/m1/s1. The third kappa shape index (κ3) is 2.77. The number of nitrogens with zero attached hydrogens (tertiary/aromatic N) is 3. The first-order valence-electron chi connectivity index (χ1n) is 5.96. The van der Waals surface area contributed by atoms with Gasteiger partial charge in [-0.3, -0.25) is 4.79 Å². The third-order valence-corrected chi connectivity index (χ3v) is 3.93. The van der Waals surface area contributed by atoms with Crippen LogP contribution in [0.3, 0.4) is 0 Å². The Morgan fingerprint density at radius 1 is 1.40 bits per heavy atom. The van der Waals surface area contributed by atoms with Crippen molar-refractivity contribution in [2.24, 2.45) is 7.05 Å². The molecule has 0 aliphatic rings. The molecule has 0 unspecified atom stereocenters. The van der Waals surface area contributed by atoms with Crippen LogP contribution in [0.15, 0.2) is 29.4 Å². The zero-order chi connectivity index (χ0) is 14.7. The average molecular weight is 293 g/mol. The van der Waals surface area contributed by atoms with E-state index in [1.807, 2.05) is 24.3 Å². The van der Waals surface area contributed by atoms with Crippen LogP contribution in [0, 0.1) is 0 Å². The van der Waals surface area contributed by atoms with Gasteiger partial charge >= 0.3 is 5.97 Å². The molecule has 0 amide bonds. The van der Waals surface area contributed by atoms with Crippen molar-refractivity contribution in [2.45, 2.75) is 17.3 Å². The van der Waals surface area contributed by atoms with Crippen molar-refractivity contribution in [3.05, 3.63) is 24.3 Å².